The van der Waals surface area contributed by atoms with E-state index in [4.69, 9.17) is 16.6 Å². The summed E-state index contributed by atoms with van der Waals surface area (Å²) in [6.07, 6.45) is 0. The van der Waals surface area contributed by atoms with Crippen LogP contribution in [-0.2, 0) is 0 Å². The van der Waals surface area contributed by atoms with Gasteiger partial charge in [-0.3, -0.25) is 0 Å². The summed E-state index contributed by atoms with van der Waals surface area (Å²) in [5, 5.41) is 8.75. The van der Waals surface area contributed by atoms with Crippen LogP contribution in [0.5, 0.6) is 0 Å². The molecule has 0 spiro atoms. The zero-order valence-corrected chi connectivity index (χ0v) is 7.42. The number of hydrogen-bond donors (Lipinski definition) is 3. The Morgan fingerprint density at radius 1 is 1.54 bits per heavy atom. The van der Waals surface area contributed by atoms with Crippen LogP contribution in [0.4, 0.5) is 10.1 Å². The summed E-state index contributed by atoms with van der Waals surface area (Å²) in [6, 6.07) is 2.10. The van der Waals surface area contributed by atoms with Gasteiger partial charge in [-0.05, 0) is 24.6 Å². The Balaban J connectivity index is 3.15. The Morgan fingerprint density at radius 3 is 2.69 bits per heavy atom. The zero-order valence-electron chi connectivity index (χ0n) is 7.42. The van der Waals surface area contributed by atoms with Crippen molar-refractivity contribution >= 4 is 5.69 Å². The van der Waals surface area contributed by atoms with Gasteiger partial charge in [0.2, 0.25) is 0 Å². The molecule has 0 amide bonds. The largest absolute Gasteiger partial charge is 0.398 e. The molecule has 0 radical (unpaired) electrons. The second kappa shape index (κ2) is 3.72. The standard InChI is InChI=1S/C9H13FN2O/c1-5-2-6(9(12)4-13)7(10)3-8(5)11/h2-3,9,13H,4,11-12H2,1H3/t9-/m1/s1. The maximum atomic E-state index is 13.2. The normalized spacial score (nSPS) is 12.9. The predicted octanol–water partition coefficient (Wildman–Crippen LogP) is 0.708. The molecule has 0 fully saturated rings. The molecule has 3 nitrogen and oxygen atoms in total. The number of halogens is 1. The second-order valence-corrected chi connectivity index (χ2v) is 3.02. The first-order valence-corrected chi connectivity index (χ1v) is 3.98. The van der Waals surface area contributed by atoms with Crippen molar-refractivity contribution in [2.45, 2.75) is 13.0 Å². The van der Waals surface area contributed by atoms with Crippen molar-refractivity contribution in [3.63, 3.8) is 0 Å². The van der Waals surface area contributed by atoms with Crippen molar-refractivity contribution in [2.24, 2.45) is 5.73 Å². The van der Waals surface area contributed by atoms with Gasteiger partial charge in [0.15, 0.2) is 0 Å². The lowest BCUT2D eigenvalue weighted by Crippen LogP contribution is -2.16. The molecule has 0 heterocycles. The van der Waals surface area contributed by atoms with Crippen LogP contribution in [0, 0.1) is 12.7 Å². The van der Waals surface area contributed by atoms with Gasteiger partial charge in [-0.1, -0.05) is 0 Å². The quantitative estimate of drug-likeness (QED) is 0.593. The molecular formula is C9H13FN2O. The van der Waals surface area contributed by atoms with Gasteiger partial charge in [-0.25, -0.2) is 4.39 Å². The van der Waals surface area contributed by atoms with Gasteiger partial charge in [-0.15, -0.1) is 0 Å². The van der Waals surface area contributed by atoms with E-state index in [1.807, 2.05) is 0 Å². The minimum Gasteiger partial charge on any atom is -0.398 e. The van der Waals surface area contributed by atoms with Crippen LogP contribution in [0.3, 0.4) is 0 Å². The summed E-state index contributed by atoms with van der Waals surface area (Å²) >= 11 is 0. The summed E-state index contributed by atoms with van der Waals surface area (Å²) in [4.78, 5) is 0. The van der Waals surface area contributed by atoms with E-state index < -0.39 is 11.9 Å². The highest BCUT2D eigenvalue weighted by Gasteiger charge is 2.11. The van der Waals surface area contributed by atoms with Gasteiger partial charge in [0.25, 0.3) is 0 Å². The number of rotatable bonds is 2. The molecule has 72 valence electrons. The molecule has 1 rings (SSSR count). The first-order chi connectivity index (χ1) is 6.06. The maximum Gasteiger partial charge on any atom is 0.130 e. The molecule has 1 atom stereocenters. The van der Waals surface area contributed by atoms with Gasteiger partial charge in [0.05, 0.1) is 12.6 Å². The van der Waals surface area contributed by atoms with E-state index in [0.29, 0.717) is 11.3 Å². The Morgan fingerprint density at radius 2 is 2.15 bits per heavy atom. The van der Waals surface area contributed by atoms with Crippen molar-refractivity contribution in [3.05, 3.63) is 29.1 Å². The van der Waals surface area contributed by atoms with Crippen LogP contribution < -0.4 is 11.5 Å². The number of benzene rings is 1. The van der Waals surface area contributed by atoms with Gasteiger partial charge in [0.1, 0.15) is 5.82 Å². The topological polar surface area (TPSA) is 72.3 Å². The van der Waals surface area contributed by atoms with Crippen LogP contribution in [0.15, 0.2) is 12.1 Å². The van der Waals surface area contributed by atoms with Crippen LogP contribution in [0.2, 0.25) is 0 Å². The van der Waals surface area contributed by atoms with Crippen molar-refractivity contribution in [1.82, 2.24) is 0 Å². The number of nitrogens with two attached hydrogens (primary N) is 2. The minimum absolute atomic E-state index is 0.278. The summed E-state index contributed by atoms with van der Waals surface area (Å²) in [6.45, 7) is 1.49. The van der Waals surface area contributed by atoms with Crippen molar-refractivity contribution < 1.29 is 9.50 Å². The molecule has 5 N–H and O–H groups in total. The van der Waals surface area contributed by atoms with E-state index in [-0.39, 0.29) is 6.61 Å². The highest BCUT2D eigenvalue weighted by Crippen LogP contribution is 2.21. The van der Waals surface area contributed by atoms with E-state index >= 15 is 0 Å². The first-order valence-electron chi connectivity index (χ1n) is 3.98. The number of anilines is 1. The Labute approximate surface area is 76.2 Å². The minimum atomic E-state index is -0.681. The number of aliphatic hydroxyl groups excluding tert-OH is 1. The number of aliphatic hydroxyl groups is 1. The monoisotopic (exact) mass is 184 g/mol. The highest BCUT2D eigenvalue weighted by molar-refractivity contribution is 5.49. The fourth-order valence-electron chi connectivity index (χ4n) is 1.10. The van der Waals surface area contributed by atoms with Crippen LogP contribution in [0.1, 0.15) is 17.2 Å². The second-order valence-electron chi connectivity index (χ2n) is 3.02. The molecule has 0 bridgehead atoms. The summed E-state index contributed by atoms with van der Waals surface area (Å²) in [7, 11) is 0. The fourth-order valence-corrected chi connectivity index (χ4v) is 1.10. The van der Waals surface area contributed by atoms with Crippen molar-refractivity contribution in [3.8, 4) is 0 Å². The molecule has 0 unspecified atom stereocenters. The molecule has 0 aromatic heterocycles. The lowest BCUT2D eigenvalue weighted by Gasteiger charge is -2.11. The summed E-state index contributed by atoms with van der Waals surface area (Å²) in [5.41, 5.74) is 12.4. The molecule has 13 heavy (non-hydrogen) atoms. The Bertz CT molecular complexity index is 315. The summed E-state index contributed by atoms with van der Waals surface area (Å²) in [5.74, 6) is -0.468. The van der Waals surface area contributed by atoms with Crippen LogP contribution >= 0.6 is 0 Å². The SMILES string of the molecule is Cc1cc([C@H](N)CO)c(F)cc1N. The smallest absolute Gasteiger partial charge is 0.130 e. The Hall–Kier alpha value is -1.13. The lowest BCUT2D eigenvalue weighted by atomic mass is 10.0. The van der Waals surface area contributed by atoms with Gasteiger partial charge < -0.3 is 16.6 Å². The van der Waals surface area contributed by atoms with E-state index in [9.17, 15) is 4.39 Å². The van der Waals surface area contributed by atoms with Crippen LogP contribution in [-0.4, -0.2) is 11.7 Å². The molecule has 1 aromatic carbocycles. The van der Waals surface area contributed by atoms with Crippen LogP contribution in [0.25, 0.3) is 0 Å². The Kier molecular flexibility index (Phi) is 2.85. The molecule has 0 saturated carbocycles. The predicted molar refractivity (Wildman–Crippen MR) is 49.6 cm³/mol. The third kappa shape index (κ3) is 1.96. The zero-order chi connectivity index (χ0) is 10.0. The molecular weight excluding hydrogens is 171 g/mol. The fraction of sp³-hybridized carbons (Fsp3) is 0.333. The highest BCUT2D eigenvalue weighted by atomic mass is 19.1. The average Bonchev–Trinajstić information content (AvgIpc) is 2.10. The van der Waals surface area contributed by atoms with Gasteiger partial charge >= 0.3 is 0 Å². The maximum absolute atomic E-state index is 13.2. The molecule has 1 aromatic rings. The molecule has 0 aliphatic heterocycles. The van der Waals surface area contributed by atoms with Crippen molar-refractivity contribution in [2.75, 3.05) is 12.3 Å². The van der Waals surface area contributed by atoms with E-state index in [2.05, 4.69) is 0 Å². The first kappa shape index (κ1) is 9.95. The average molecular weight is 184 g/mol. The summed E-state index contributed by atoms with van der Waals surface area (Å²) < 4.78 is 13.2. The van der Waals surface area contributed by atoms with Gasteiger partial charge in [-0.2, -0.15) is 0 Å². The number of nitrogen functional groups attached to an aromatic ring is 1. The lowest BCUT2D eigenvalue weighted by molar-refractivity contribution is 0.265. The number of aryl methyl sites for hydroxylation is 1. The number of hydrogen-bond acceptors (Lipinski definition) is 3. The van der Waals surface area contributed by atoms with E-state index in [1.54, 1.807) is 13.0 Å². The molecule has 4 heteroatoms. The van der Waals surface area contributed by atoms with E-state index in [0.717, 1.165) is 5.56 Å². The van der Waals surface area contributed by atoms with Crippen molar-refractivity contribution in [1.29, 1.82) is 0 Å². The van der Waals surface area contributed by atoms with E-state index in [1.165, 1.54) is 6.07 Å². The third-order valence-electron chi connectivity index (χ3n) is 1.98. The molecule has 0 saturated heterocycles. The molecule has 0 aliphatic rings. The third-order valence-corrected chi connectivity index (χ3v) is 1.98. The van der Waals surface area contributed by atoms with Gasteiger partial charge in [0, 0.05) is 11.3 Å². The molecule has 0 aliphatic carbocycles.